The van der Waals surface area contributed by atoms with Gasteiger partial charge >= 0.3 is 0 Å². The highest BCUT2D eigenvalue weighted by Gasteiger charge is 2.29. The second-order valence-electron chi connectivity index (χ2n) is 7.85. The molecule has 0 aromatic heterocycles. The number of hydrogen-bond donors (Lipinski definition) is 1. The first kappa shape index (κ1) is 23.1. The van der Waals surface area contributed by atoms with Crippen molar-refractivity contribution in [3.05, 3.63) is 101 Å². The molecule has 5 nitrogen and oxygen atoms in total. The van der Waals surface area contributed by atoms with Crippen LogP contribution in [0.15, 0.2) is 78.9 Å². The molecule has 3 aromatic carbocycles. The lowest BCUT2D eigenvalue weighted by molar-refractivity contribution is -0.140. The molecule has 0 aliphatic heterocycles. The molecule has 0 aliphatic rings. The number of carbonyl (C=O) groups excluding carboxylic acids is 2. The summed E-state index contributed by atoms with van der Waals surface area (Å²) in [6, 6.07) is 24.7. The predicted octanol–water partition coefficient (Wildman–Crippen LogP) is 3.93. The largest absolute Gasteiger partial charge is 0.497 e. The number of benzene rings is 3. The molecule has 0 heterocycles. The highest BCUT2D eigenvalue weighted by atomic mass is 16.5. The summed E-state index contributed by atoms with van der Waals surface area (Å²) in [5, 5.41) is 2.75. The van der Waals surface area contributed by atoms with Crippen LogP contribution < -0.4 is 10.1 Å². The summed E-state index contributed by atoms with van der Waals surface area (Å²) in [5.74, 6) is 0.467. The number of nitrogens with zero attached hydrogens (tertiary/aromatic N) is 1. The standard InChI is InChI=1S/C27H30N2O3/c1-20-9-11-23(12-10-20)19-29(26(30)18-22-13-15-24(32-3)16-14-22)25(27(31)28-2)17-21-7-5-4-6-8-21/h4-16,25H,17-19H2,1-3H3,(H,28,31)/t25-/m1/s1. The number of nitrogens with one attached hydrogen (secondary N) is 1. The zero-order valence-corrected chi connectivity index (χ0v) is 18.9. The molecule has 0 saturated heterocycles. The van der Waals surface area contributed by atoms with E-state index in [1.165, 1.54) is 0 Å². The first-order chi connectivity index (χ1) is 15.5. The Labute approximate surface area is 190 Å². The van der Waals surface area contributed by atoms with Crippen molar-refractivity contribution in [2.24, 2.45) is 0 Å². The number of likely N-dealkylation sites (N-methyl/N-ethyl adjacent to an activating group) is 1. The average Bonchev–Trinajstić information content (AvgIpc) is 2.83. The van der Waals surface area contributed by atoms with Crippen LogP contribution >= 0.6 is 0 Å². The smallest absolute Gasteiger partial charge is 0.242 e. The summed E-state index contributed by atoms with van der Waals surface area (Å²) in [6.07, 6.45) is 0.652. The molecule has 1 N–H and O–H groups in total. The molecular weight excluding hydrogens is 400 g/mol. The molecule has 0 radical (unpaired) electrons. The third-order valence-electron chi connectivity index (χ3n) is 5.51. The van der Waals surface area contributed by atoms with Crippen LogP contribution in [-0.2, 0) is 29.0 Å². The second-order valence-corrected chi connectivity index (χ2v) is 7.85. The van der Waals surface area contributed by atoms with Crippen molar-refractivity contribution in [2.45, 2.75) is 32.4 Å². The Morgan fingerprint density at radius 2 is 1.50 bits per heavy atom. The summed E-state index contributed by atoms with van der Waals surface area (Å²) in [7, 11) is 3.22. The minimum atomic E-state index is -0.616. The van der Waals surface area contributed by atoms with Gasteiger partial charge < -0.3 is 15.0 Å². The summed E-state index contributed by atoms with van der Waals surface area (Å²) < 4.78 is 5.21. The van der Waals surface area contributed by atoms with Gasteiger partial charge in [-0.3, -0.25) is 9.59 Å². The first-order valence-electron chi connectivity index (χ1n) is 10.7. The molecule has 2 amide bonds. The van der Waals surface area contributed by atoms with E-state index in [0.29, 0.717) is 13.0 Å². The van der Waals surface area contributed by atoms with Gasteiger partial charge in [-0.05, 0) is 35.7 Å². The molecule has 0 bridgehead atoms. The molecule has 0 spiro atoms. The third kappa shape index (κ3) is 6.20. The van der Waals surface area contributed by atoms with Gasteiger partial charge in [0.1, 0.15) is 11.8 Å². The van der Waals surface area contributed by atoms with Gasteiger partial charge in [0.15, 0.2) is 0 Å². The van der Waals surface area contributed by atoms with Crippen LogP contribution in [0.5, 0.6) is 5.75 Å². The van der Waals surface area contributed by atoms with Crippen LogP contribution in [0.1, 0.15) is 22.3 Å². The Hall–Kier alpha value is -3.60. The van der Waals surface area contributed by atoms with Crippen molar-refractivity contribution >= 4 is 11.8 Å². The van der Waals surface area contributed by atoms with Crippen LogP contribution in [0, 0.1) is 6.92 Å². The Morgan fingerprint density at radius 1 is 0.875 bits per heavy atom. The van der Waals surface area contributed by atoms with E-state index in [0.717, 1.165) is 28.0 Å². The van der Waals surface area contributed by atoms with E-state index in [-0.39, 0.29) is 18.2 Å². The molecule has 0 aliphatic carbocycles. The lowest BCUT2D eigenvalue weighted by Gasteiger charge is -2.31. The highest BCUT2D eigenvalue weighted by molar-refractivity contribution is 5.88. The van der Waals surface area contributed by atoms with E-state index in [1.54, 1.807) is 19.1 Å². The van der Waals surface area contributed by atoms with Crippen LogP contribution in [0.4, 0.5) is 0 Å². The molecule has 0 saturated carbocycles. The molecule has 3 rings (SSSR count). The summed E-state index contributed by atoms with van der Waals surface area (Å²) in [6.45, 7) is 2.39. The minimum absolute atomic E-state index is 0.0970. The van der Waals surface area contributed by atoms with E-state index in [4.69, 9.17) is 4.74 Å². The molecule has 166 valence electrons. The third-order valence-corrected chi connectivity index (χ3v) is 5.51. The highest BCUT2D eigenvalue weighted by Crippen LogP contribution is 2.18. The molecule has 5 heteroatoms. The SMILES string of the molecule is CNC(=O)[C@@H](Cc1ccccc1)N(Cc1ccc(C)cc1)C(=O)Cc1ccc(OC)cc1. The fourth-order valence-electron chi connectivity index (χ4n) is 3.63. The number of carbonyl (C=O) groups is 2. The fourth-order valence-corrected chi connectivity index (χ4v) is 3.63. The molecule has 3 aromatic rings. The van der Waals surface area contributed by atoms with Gasteiger partial charge in [-0.1, -0.05) is 72.3 Å². The predicted molar refractivity (Wildman–Crippen MR) is 126 cm³/mol. The van der Waals surface area contributed by atoms with Crippen LogP contribution in [0.2, 0.25) is 0 Å². The number of hydrogen-bond acceptors (Lipinski definition) is 3. The topological polar surface area (TPSA) is 58.6 Å². The Bertz CT molecular complexity index is 1020. The Kier molecular flexibility index (Phi) is 8.03. The van der Waals surface area contributed by atoms with Crippen molar-refractivity contribution in [3.63, 3.8) is 0 Å². The van der Waals surface area contributed by atoms with Crippen molar-refractivity contribution in [2.75, 3.05) is 14.2 Å². The molecule has 1 atom stereocenters. The van der Waals surface area contributed by atoms with E-state index >= 15 is 0 Å². The molecule has 0 unspecified atom stereocenters. The maximum atomic E-state index is 13.5. The van der Waals surface area contributed by atoms with Crippen LogP contribution in [0.25, 0.3) is 0 Å². The Balaban J connectivity index is 1.91. The zero-order valence-electron chi connectivity index (χ0n) is 18.9. The Morgan fingerprint density at radius 3 is 2.09 bits per heavy atom. The number of amides is 2. The van der Waals surface area contributed by atoms with E-state index in [1.807, 2.05) is 85.8 Å². The zero-order chi connectivity index (χ0) is 22.9. The van der Waals surface area contributed by atoms with Gasteiger partial charge in [0.25, 0.3) is 0 Å². The maximum Gasteiger partial charge on any atom is 0.242 e. The monoisotopic (exact) mass is 430 g/mol. The maximum absolute atomic E-state index is 13.5. The van der Waals surface area contributed by atoms with E-state index < -0.39 is 6.04 Å². The van der Waals surface area contributed by atoms with Crippen LogP contribution in [0.3, 0.4) is 0 Å². The summed E-state index contributed by atoms with van der Waals surface area (Å²) in [5.41, 5.74) is 4.02. The van der Waals surface area contributed by atoms with Crippen molar-refractivity contribution in [1.29, 1.82) is 0 Å². The van der Waals surface area contributed by atoms with Gasteiger partial charge in [0.2, 0.25) is 11.8 Å². The van der Waals surface area contributed by atoms with Crippen molar-refractivity contribution in [1.82, 2.24) is 10.2 Å². The lowest BCUT2D eigenvalue weighted by atomic mass is 10.0. The number of ether oxygens (including phenoxy) is 1. The van der Waals surface area contributed by atoms with E-state index in [2.05, 4.69) is 5.32 Å². The van der Waals surface area contributed by atoms with Crippen molar-refractivity contribution < 1.29 is 14.3 Å². The van der Waals surface area contributed by atoms with Gasteiger partial charge in [-0.25, -0.2) is 0 Å². The summed E-state index contributed by atoms with van der Waals surface area (Å²) >= 11 is 0. The van der Waals surface area contributed by atoms with Gasteiger partial charge in [-0.15, -0.1) is 0 Å². The van der Waals surface area contributed by atoms with Crippen molar-refractivity contribution in [3.8, 4) is 5.75 Å². The molecule has 32 heavy (non-hydrogen) atoms. The first-order valence-corrected chi connectivity index (χ1v) is 10.7. The van der Waals surface area contributed by atoms with E-state index in [9.17, 15) is 9.59 Å². The normalized spacial score (nSPS) is 11.5. The number of methoxy groups -OCH3 is 1. The summed E-state index contributed by atoms with van der Waals surface area (Å²) in [4.78, 5) is 28.1. The minimum Gasteiger partial charge on any atom is -0.497 e. The number of aryl methyl sites for hydroxylation is 1. The number of rotatable bonds is 9. The van der Waals surface area contributed by atoms with Gasteiger partial charge in [0, 0.05) is 20.0 Å². The van der Waals surface area contributed by atoms with Gasteiger partial charge in [-0.2, -0.15) is 0 Å². The lowest BCUT2D eigenvalue weighted by Crippen LogP contribution is -2.50. The van der Waals surface area contributed by atoms with Crippen LogP contribution in [-0.4, -0.2) is 36.9 Å². The molecule has 0 fully saturated rings. The second kappa shape index (κ2) is 11.1. The molecular formula is C27H30N2O3. The van der Waals surface area contributed by atoms with Gasteiger partial charge in [0.05, 0.1) is 13.5 Å². The quantitative estimate of drug-likeness (QED) is 0.560. The fraction of sp³-hybridized carbons (Fsp3) is 0.259. The average molecular weight is 431 g/mol.